The Morgan fingerprint density at radius 2 is 1.57 bits per heavy atom. The SMILES string of the molecule is CCCCN(Cc1cccn1Cc1ccc(Br)cc1)C(=O)CN(CCCC)S(=O)(=O)c1ccc(NC(C)=O)cc1. The molecule has 1 heterocycles. The van der Waals surface area contributed by atoms with E-state index in [0.717, 1.165) is 35.0 Å². The molecule has 3 rings (SSSR count). The third kappa shape index (κ3) is 9.04. The Kier molecular flexibility index (Phi) is 12.0. The van der Waals surface area contributed by atoms with Gasteiger partial charge in [0.25, 0.3) is 0 Å². The molecular weight excluding hydrogens is 592 g/mol. The lowest BCUT2D eigenvalue weighted by atomic mass is 10.2. The summed E-state index contributed by atoms with van der Waals surface area (Å²) in [6, 6.07) is 18.2. The van der Waals surface area contributed by atoms with Gasteiger partial charge in [0.1, 0.15) is 0 Å². The number of halogens is 1. The minimum Gasteiger partial charge on any atom is -0.345 e. The number of benzene rings is 2. The molecular formula is C30H39BrN4O4S. The summed E-state index contributed by atoms with van der Waals surface area (Å²) in [6.45, 7) is 7.10. The van der Waals surface area contributed by atoms with Crippen LogP contribution in [0.5, 0.6) is 0 Å². The van der Waals surface area contributed by atoms with Crippen LogP contribution in [0.3, 0.4) is 0 Å². The highest BCUT2D eigenvalue weighted by molar-refractivity contribution is 9.10. The number of carbonyl (C=O) groups excluding carboxylic acids is 2. The molecule has 0 unspecified atom stereocenters. The van der Waals surface area contributed by atoms with Crippen LogP contribution in [0.2, 0.25) is 0 Å². The first-order valence-corrected chi connectivity index (χ1v) is 15.9. The summed E-state index contributed by atoms with van der Waals surface area (Å²) in [6.07, 6.45) is 5.18. The van der Waals surface area contributed by atoms with Crippen LogP contribution in [0.4, 0.5) is 5.69 Å². The molecule has 0 radical (unpaired) electrons. The molecule has 1 aromatic heterocycles. The van der Waals surface area contributed by atoms with E-state index in [0.29, 0.717) is 31.7 Å². The minimum absolute atomic E-state index is 0.0917. The van der Waals surface area contributed by atoms with Crippen molar-refractivity contribution in [2.45, 2.75) is 64.4 Å². The van der Waals surface area contributed by atoms with Gasteiger partial charge in [0.2, 0.25) is 21.8 Å². The maximum absolute atomic E-state index is 13.7. The third-order valence-corrected chi connectivity index (χ3v) is 8.95. The van der Waals surface area contributed by atoms with Gasteiger partial charge in [0, 0.05) is 48.6 Å². The monoisotopic (exact) mass is 630 g/mol. The van der Waals surface area contributed by atoms with Gasteiger partial charge < -0.3 is 14.8 Å². The van der Waals surface area contributed by atoms with Crippen molar-refractivity contribution in [3.05, 3.63) is 82.6 Å². The van der Waals surface area contributed by atoms with Crippen LogP contribution in [-0.4, -0.2) is 53.6 Å². The first kappa shape index (κ1) is 31.6. The fraction of sp³-hybridized carbons (Fsp3) is 0.400. The van der Waals surface area contributed by atoms with Crippen LogP contribution in [0.25, 0.3) is 0 Å². The van der Waals surface area contributed by atoms with E-state index in [1.807, 2.05) is 37.4 Å². The average Bonchev–Trinajstić information content (AvgIpc) is 3.36. The quantitative estimate of drug-likeness (QED) is 0.227. The highest BCUT2D eigenvalue weighted by Crippen LogP contribution is 2.20. The Bertz CT molecular complexity index is 1360. The largest absolute Gasteiger partial charge is 0.345 e. The molecule has 0 aliphatic rings. The summed E-state index contributed by atoms with van der Waals surface area (Å²) in [5, 5.41) is 2.64. The zero-order valence-electron chi connectivity index (χ0n) is 23.5. The van der Waals surface area contributed by atoms with Crippen molar-refractivity contribution in [2.24, 2.45) is 0 Å². The topological polar surface area (TPSA) is 91.7 Å². The van der Waals surface area contributed by atoms with Crippen molar-refractivity contribution in [1.29, 1.82) is 0 Å². The van der Waals surface area contributed by atoms with Gasteiger partial charge in [-0.25, -0.2) is 8.42 Å². The van der Waals surface area contributed by atoms with Crippen molar-refractivity contribution >= 4 is 43.5 Å². The highest BCUT2D eigenvalue weighted by atomic mass is 79.9. The lowest BCUT2D eigenvalue weighted by Crippen LogP contribution is -2.43. The van der Waals surface area contributed by atoms with E-state index in [1.165, 1.54) is 23.4 Å². The molecule has 0 spiro atoms. The van der Waals surface area contributed by atoms with Gasteiger partial charge in [-0.05, 0) is 66.9 Å². The molecule has 0 saturated carbocycles. The molecule has 0 atom stereocenters. The molecule has 3 aromatic rings. The lowest BCUT2D eigenvalue weighted by Gasteiger charge is -2.28. The molecule has 0 bridgehead atoms. The third-order valence-electron chi connectivity index (χ3n) is 6.56. The first-order chi connectivity index (χ1) is 19.1. The molecule has 0 saturated heterocycles. The maximum Gasteiger partial charge on any atom is 0.243 e. The number of anilines is 1. The zero-order valence-corrected chi connectivity index (χ0v) is 25.9. The Balaban J connectivity index is 1.80. The standard InChI is InChI=1S/C30H39BrN4O4S/c1-4-6-18-34(22-28-9-8-19-33(28)21-25-10-12-26(31)13-11-25)30(37)23-35(20-7-5-2)40(38,39)29-16-14-27(15-17-29)32-24(3)36/h8-17,19H,4-7,18,20-23H2,1-3H3,(H,32,36). The second-order valence-corrected chi connectivity index (χ2v) is 12.7. The second-order valence-electron chi connectivity index (χ2n) is 9.82. The van der Waals surface area contributed by atoms with Gasteiger partial charge in [-0.15, -0.1) is 0 Å². The minimum atomic E-state index is -3.92. The molecule has 40 heavy (non-hydrogen) atoms. The average molecular weight is 632 g/mol. The van der Waals surface area contributed by atoms with E-state index < -0.39 is 10.0 Å². The van der Waals surface area contributed by atoms with Gasteiger partial charge >= 0.3 is 0 Å². The Labute approximate surface area is 246 Å². The molecule has 2 aromatic carbocycles. The number of unbranched alkanes of at least 4 members (excludes halogenated alkanes) is 2. The second kappa shape index (κ2) is 15.2. The van der Waals surface area contributed by atoms with E-state index in [2.05, 4.69) is 44.9 Å². The van der Waals surface area contributed by atoms with Crippen LogP contribution in [-0.2, 0) is 32.7 Å². The molecule has 8 nitrogen and oxygen atoms in total. The molecule has 0 aliphatic carbocycles. The smallest absolute Gasteiger partial charge is 0.243 e. The van der Waals surface area contributed by atoms with E-state index in [-0.39, 0.29) is 29.8 Å². The van der Waals surface area contributed by atoms with Crippen molar-refractivity contribution in [2.75, 3.05) is 25.0 Å². The Morgan fingerprint density at radius 1 is 0.925 bits per heavy atom. The van der Waals surface area contributed by atoms with E-state index in [9.17, 15) is 18.0 Å². The fourth-order valence-electron chi connectivity index (χ4n) is 4.30. The van der Waals surface area contributed by atoms with Crippen LogP contribution < -0.4 is 5.32 Å². The first-order valence-electron chi connectivity index (χ1n) is 13.7. The molecule has 0 aliphatic heterocycles. The summed E-state index contributed by atoms with van der Waals surface area (Å²) in [4.78, 5) is 26.9. The predicted octanol–water partition coefficient (Wildman–Crippen LogP) is 5.88. The number of hydrogen-bond donors (Lipinski definition) is 1. The highest BCUT2D eigenvalue weighted by Gasteiger charge is 2.28. The number of nitrogens with zero attached hydrogens (tertiary/aromatic N) is 3. The molecule has 1 N–H and O–H groups in total. The molecule has 10 heteroatoms. The summed E-state index contributed by atoms with van der Waals surface area (Å²) < 4.78 is 31.6. The molecule has 2 amide bonds. The molecule has 216 valence electrons. The summed E-state index contributed by atoms with van der Waals surface area (Å²) in [5.41, 5.74) is 2.65. The van der Waals surface area contributed by atoms with Crippen molar-refractivity contribution in [3.63, 3.8) is 0 Å². The predicted molar refractivity (Wildman–Crippen MR) is 162 cm³/mol. The number of sulfonamides is 1. The lowest BCUT2D eigenvalue weighted by molar-refractivity contribution is -0.132. The van der Waals surface area contributed by atoms with Crippen LogP contribution >= 0.6 is 15.9 Å². The Hall–Kier alpha value is -2.95. The molecule has 0 fully saturated rings. The van der Waals surface area contributed by atoms with E-state index in [4.69, 9.17) is 0 Å². The number of nitrogens with one attached hydrogen (secondary N) is 1. The van der Waals surface area contributed by atoms with E-state index in [1.54, 1.807) is 17.0 Å². The van der Waals surface area contributed by atoms with Crippen molar-refractivity contribution < 1.29 is 18.0 Å². The number of aromatic nitrogens is 1. The van der Waals surface area contributed by atoms with Gasteiger partial charge in [0.05, 0.1) is 18.0 Å². The fourth-order valence-corrected chi connectivity index (χ4v) is 5.99. The Morgan fingerprint density at radius 3 is 2.20 bits per heavy atom. The summed E-state index contributed by atoms with van der Waals surface area (Å²) >= 11 is 3.47. The number of hydrogen-bond acceptors (Lipinski definition) is 4. The van der Waals surface area contributed by atoms with Crippen molar-refractivity contribution in [3.8, 4) is 0 Å². The van der Waals surface area contributed by atoms with Gasteiger partial charge in [-0.2, -0.15) is 4.31 Å². The van der Waals surface area contributed by atoms with Gasteiger partial charge in [0.15, 0.2) is 0 Å². The van der Waals surface area contributed by atoms with Gasteiger partial charge in [-0.1, -0.05) is 54.8 Å². The van der Waals surface area contributed by atoms with E-state index >= 15 is 0 Å². The van der Waals surface area contributed by atoms with Gasteiger partial charge in [-0.3, -0.25) is 9.59 Å². The number of rotatable bonds is 15. The normalized spacial score (nSPS) is 11.5. The maximum atomic E-state index is 13.7. The zero-order chi connectivity index (χ0) is 29.1. The summed E-state index contributed by atoms with van der Waals surface area (Å²) in [5.74, 6) is -0.458. The number of amides is 2. The van der Waals surface area contributed by atoms with Crippen LogP contribution in [0.1, 0.15) is 57.7 Å². The van der Waals surface area contributed by atoms with Crippen molar-refractivity contribution in [1.82, 2.24) is 13.8 Å². The number of carbonyl (C=O) groups is 2. The van der Waals surface area contributed by atoms with Crippen LogP contribution in [0, 0.1) is 0 Å². The summed E-state index contributed by atoms with van der Waals surface area (Å²) in [7, 11) is -3.92. The van der Waals surface area contributed by atoms with Crippen LogP contribution in [0.15, 0.2) is 76.2 Å².